The Balaban J connectivity index is 1.83. The minimum Gasteiger partial charge on any atom is -0.507 e. The number of phenols is 1. The molecule has 0 radical (unpaired) electrons. The molecule has 27 heavy (non-hydrogen) atoms. The van der Waals surface area contributed by atoms with Crippen LogP contribution in [0.15, 0.2) is 49.1 Å². The van der Waals surface area contributed by atoms with Crippen LogP contribution in [0.4, 0.5) is 0 Å². The second kappa shape index (κ2) is 7.82. The van der Waals surface area contributed by atoms with E-state index >= 15 is 0 Å². The van der Waals surface area contributed by atoms with Crippen LogP contribution in [0.1, 0.15) is 28.4 Å². The maximum absolute atomic E-state index is 11.6. The number of carbonyl (C=O) groups is 1. The number of nitrogens with zero attached hydrogens (tertiary/aromatic N) is 4. The number of aromatic nitrogens is 4. The van der Waals surface area contributed by atoms with Gasteiger partial charge in [0, 0.05) is 11.6 Å². The first-order chi connectivity index (χ1) is 13.0. The highest BCUT2D eigenvalue weighted by atomic mass is 16.5. The van der Waals surface area contributed by atoms with Crippen LogP contribution >= 0.6 is 0 Å². The number of phenolic OH excluding ortho intramolecular Hbond substituents is 1. The van der Waals surface area contributed by atoms with Crippen molar-refractivity contribution in [2.24, 2.45) is 7.05 Å². The number of aryl methyl sites for hydroxylation is 1. The topological polar surface area (TPSA) is 90.1 Å². The summed E-state index contributed by atoms with van der Waals surface area (Å²) in [5.74, 6) is 0.756. The molecule has 0 spiro atoms. The predicted octanol–water partition coefficient (Wildman–Crippen LogP) is 3.09. The van der Waals surface area contributed by atoms with E-state index in [4.69, 9.17) is 4.74 Å². The van der Waals surface area contributed by atoms with Gasteiger partial charge >= 0.3 is 0 Å². The SMILES string of the molecule is C=CCc1cc(C(C)=O)c(O)cc1OCc1cccc(-c2nnn(C)n2)c1. The molecule has 0 bridgehead atoms. The third kappa shape index (κ3) is 4.20. The molecule has 7 heteroatoms. The van der Waals surface area contributed by atoms with Crippen molar-refractivity contribution < 1.29 is 14.6 Å². The lowest BCUT2D eigenvalue weighted by molar-refractivity contribution is 0.101. The van der Waals surface area contributed by atoms with E-state index < -0.39 is 0 Å². The Kier molecular flexibility index (Phi) is 5.30. The van der Waals surface area contributed by atoms with Gasteiger partial charge in [-0.25, -0.2) is 0 Å². The Hall–Kier alpha value is -3.48. The van der Waals surface area contributed by atoms with Crippen LogP contribution in [0.2, 0.25) is 0 Å². The molecule has 0 amide bonds. The summed E-state index contributed by atoms with van der Waals surface area (Å²) < 4.78 is 5.91. The van der Waals surface area contributed by atoms with Crippen molar-refractivity contribution >= 4 is 5.78 Å². The quantitative estimate of drug-likeness (QED) is 0.512. The van der Waals surface area contributed by atoms with E-state index in [1.54, 1.807) is 19.2 Å². The molecule has 3 rings (SSSR count). The number of ketones is 1. The van der Waals surface area contributed by atoms with Crippen LogP contribution in [0.3, 0.4) is 0 Å². The van der Waals surface area contributed by atoms with Crippen LogP contribution in [-0.4, -0.2) is 31.1 Å². The highest BCUT2D eigenvalue weighted by Gasteiger charge is 2.13. The van der Waals surface area contributed by atoms with Crippen molar-refractivity contribution in [3.63, 3.8) is 0 Å². The first-order valence-electron chi connectivity index (χ1n) is 8.41. The molecule has 7 nitrogen and oxygen atoms in total. The van der Waals surface area contributed by atoms with Gasteiger partial charge in [0.05, 0.1) is 12.6 Å². The van der Waals surface area contributed by atoms with Crippen LogP contribution in [0.5, 0.6) is 11.5 Å². The summed E-state index contributed by atoms with van der Waals surface area (Å²) in [6.07, 6.45) is 2.25. The average molecular weight is 364 g/mol. The first-order valence-corrected chi connectivity index (χ1v) is 8.41. The Bertz CT molecular complexity index is 995. The van der Waals surface area contributed by atoms with Gasteiger partial charge in [-0.1, -0.05) is 24.3 Å². The number of tetrazole rings is 1. The number of Topliss-reactive ketones (excluding diaryl/α,β-unsaturated/α-hetero) is 1. The number of carbonyl (C=O) groups excluding carboxylic acids is 1. The summed E-state index contributed by atoms with van der Waals surface area (Å²) in [5.41, 5.74) is 2.82. The molecule has 3 aromatic rings. The molecule has 2 aromatic carbocycles. The zero-order valence-corrected chi connectivity index (χ0v) is 15.2. The molecule has 1 aromatic heterocycles. The van der Waals surface area contributed by atoms with E-state index in [2.05, 4.69) is 22.0 Å². The molecule has 1 heterocycles. The van der Waals surface area contributed by atoms with Crippen LogP contribution in [0, 0.1) is 0 Å². The lowest BCUT2D eigenvalue weighted by atomic mass is 10.0. The predicted molar refractivity (Wildman–Crippen MR) is 101 cm³/mol. The maximum Gasteiger partial charge on any atom is 0.204 e. The first kappa shape index (κ1) is 18.3. The van der Waals surface area contributed by atoms with Gasteiger partial charge in [-0.15, -0.1) is 16.8 Å². The number of hydrogen-bond donors (Lipinski definition) is 1. The standard InChI is InChI=1S/C20H20N4O3/c1-4-6-15-10-17(13(2)25)18(26)11-19(15)27-12-14-7-5-8-16(9-14)20-21-23-24(3)22-20/h4-5,7-11,26H,1,6,12H2,2-3H3. The fourth-order valence-electron chi connectivity index (χ4n) is 2.71. The summed E-state index contributed by atoms with van der Waals surface area (Å²) in [4.78, 5) is 13.0. The van der Waals surface area contributed by atoms with E-state index in [9.17, 15) is 9.90 Å². The molecule has 0 unspecified atom stereocenters. The smallest absolute Gasteiger partial charge is 0.204 e. The fourth-order valence-corrected chi connectivity index (χ4v) is 2.71. The average Bonchev–Trinajstić information content (AvgIpc) is 3.08. The van der Waals surface area contributed by atoms with Crippen LogP contribution in [0.25, 0.3) is 11.4 Å². The Morgan fingerprint density at radius 3 is 2.81 bits per heavy atom. The molecule has 0 saturated carbocycles. The zero-order chi connectivity index (χ0) is 19.4. The summed E-state index contributed by atoms with van der Waals surface area (Å²) in [7, 11) is 1.71. The summed E-state index contributed by atoms with van der Waals surface area (Å²) in [5, 5.41) is 22.1. The summed E-state index contributed by atoms with van der Waals surface area (Å²) in [6.45, 7) is 5.44. The molecule has 138 valence electrons. The maximum atomic E-state index is 11.6. The molecule has 0 fully saturated rings. The number of ether oxygens (including phenoxy) is 1. The molecule has 0 aliphatic heterocycles. The van der Waals surface area contributed by atoms with Crippen molar-refractivity contribution in [3.8, 4) is 22.9 Å². The summed E-state index contributed by atoms with van der Waals surface area (Å²) >= 11 is 0. The van der Waals surface area contributed by atoms with Crippen LogP contribution in [-0.2, 0) is 20.1 Å². The van der Waals surface area contributed by atoms with Gasteiger partial charge in [0.1, 0.15) is 18.1 Å². The minimum atomic E-state index is -0.200. The lowest BCUT2D eigenvalue weighted by Gasteiger charge is -2.13. The molecule has 0 aliphatic rings. The van der Waals surface area contributed by atoms with Crippen LogP contribution < -0.4 is 4.74 Å². The van der Waals surface area contributed by atoms with Gasteiger partial charge in [0.2, 0.25) is 5.82 Å². The van der Waals surface area contributed by atoms with E-state index in [1.807, 2.05) is 24.3 Å². The number of rotatable bonds is 7. The van der Waals surface area contributed by atoms with Gasteiger partial charge in [-0.2, -0.15) is 4.80 Å². The lowest BCUT2D eigenvalue weighted by Crippen LogP contribution is -2.02. The van der Waals surface area contributed by atoms with E-state index in [1.165, 1.54) is 17.8 Å². The Morgan fingerprint density at radius 1 is 1.33 bits per heavy atom. The molecule has 1 N–H and O–H groups in total. The molecule has 0 aliphatic carbocycles. The second-order valence-electron chi connectivity index (χ2n) is 6.12. The number of benzene rings is 2. The molecular formula is C20H20N4O3. The Morgan fingerprint density at radius 2 is 2.15 bits per heavy atom. The minimum absolute atomic E-state index is 0.0946. The number of hydrogen-bond acceptors (Lipinski definition) is 6. The molecule has 0 saturated heterocycles. The van der Waals surface area contributed by atoms with Gasteiger partial charge < -0.3 is 9.84 Å². The van der Waals surface area contributed by atoms with Crippen molar-refractivity contribution in [2.45, 2.75) is 20.0 Å². The van der Waals surface area contributed by atoms with Crippen molar-refractivity contribution in [2.75, 3.05) is 0 Å². The van der Waals surface area contributed by atoms with E-state index in [0.717, 1.165) is 16.7 Å². The Labute approximate surface area is 156 Å². The van der Waals surface area contributed by atoms with Gasteiger partial charge in [0.25, 0.3) is 0 Å². The molecular weight excluding hydrogens is 344 g/mol. The normalized spacial score (nSPS) is 10.6. The third-order valence-corrected chi connectivity index (χ3v) is 4.01. The van der Waals surface area contributed by atoms with E-state index in [-0.39, 0.29) is 23.7 Å². The largest absolute Gasteiger partial charge is 0.507 e. The van der Waals surface area contributed by atoms with E-state index in [0.29, 0.717) is 18.0 Å². The van der Waals surface area contributed by atoms with Crippen molar-refractivity contribution in [1.82, 2.24) is 20.2 Å². The molecule has 0 atom stereocenters. The van der Waals surface area contributed by atoms with Gasteiger partial charge in [-0.3, -0.25) is 4.79 Å². The monoisotopic (exact) mass is 364 g/mol. The van der Waals surface area contributed by atoms with Crippen molar-refractivity contribution in [1.29, 1.82) is 0 Å². The van der Waals surface area contributed by atoms with Gasteiger partial charge in [-0.05, 0) is 41.8 Å². The third-order valence-electron chi connectivity index (χ3n) is 4.01. The second-order valence-corrected chi connectivity index (χ2v) is 6.12. The number of allylic oxidation sites excluding steroid dienone is 1. The van der Waals surface area contributed by atoms with Crippen molar-refractivity contribution in [3.05, 3.63) is 65.7 Å². The highest BCUT2D eigenvalue weighted by molar-refractivity contribution is 5.97. The fraction of sp³-hybridized carbons (Fsp3) is 0.200. The zero-order valence-electron chi connectivity index (χ0n) is 15.2. The van der Waals surface area contributed by atoms with Gasteiger partial charge in [0.15, 0.2) is 5.78 Å². The number of aromatic hydroxyl groups is 1. The highest BCUT2D eigenvalue weighted by Crippen LogP contribution is 2.30. The summed E-state index contributed by atoms with van der Waals surface area (Å²) in [6, 6.07) is 10.8.